The molecule has 11 heteroatoms. The number of aliphatic hydroxyl groups is 1. The highest BCUT2D eigenvalue weighted by Crippen LogP contribution is 2.39. The maximum absolute atomic E-state index is 15.1. The molecule has 0 saturated carbocycles. The van der Waals surface area contributed by atoms with Gasteiger partial charge in [-0.2, -0.15) is 0 Å². The molecule has 0 bridgehead atoms. The number of para-hydroxylation sites is 1. The van der Waals surface area contributed by atoms with Crippen LogP contribution in [0.15, 0.2) is 140 Å². The van der Waals surface area contributed by atoms with Gasteiger partial charge in [-0.1, -0.05) is 129 Å². The number of hydrogen-bond donors (Lipinski definition) is 3. The van der Waals surface area contributed by atoms with E-state index in [2.05, 4.69) is 15.5 Å². The van der Waals surface area contributed by atoms with E-state index in [1.807, 2.05) is 135 Å². The van der Waals surface area contributed by atoms with E-state index in [1.54, 1.807) is 4.90 Å². The third-order valence-electron chi connectivity index (χ3n) is 12.9. The second kappa shape index (κ2) is 20.5. The third kappa shape index (κ3) is 10.7. The minimum Gasteiger partial charge on any atom is -0.489 e. The van der Waals surface area contributed by atoms with Crippen molar-refractivity contribution >= 4 is 17.7 Å². The molecule has 2 aliphatic rings. The van der Waals surface area contributed by atoms with Crippen molar-refractivity contribution in [3.8, 4) is 5.75 Å². The number of carbonyl (C=O) groups excluding carboxylic acids is 3. The standard InChI is InChI=1S/C52H58F2N4O5/c1-4-35(2)52(56-36(3)59)27-28-57(51(52)62)46(26-25-37-17-9-5-10-18-37)50(61)55-45(31-38-29-41(53)32-42(54)30-38)49(60)47-33-44(63-43-23-15-8-16-24-43)34-58(47)48(39-19-11-6-12-20-39)40-21-13-7-14-22-40/h5-24,29-30,32,35,44-49,60H,4,25-28,31,33-34H2,1-3H3,(H,55,61)(H,56,59)/t35-,44-,45+,46+,47-,49+,52+/m1/s1. The fourth-order valence-corrected chi connectivity index (χ4v) is 9.69. The van der Waals surface area contributed by atoms with Crippen molar-refractivity contribution in [3.63, 3.8) is 0 Å². The monoisotopic (exact) mass is 856 g/mol. The number of amides is 3. The summed E-state index contributed by atoms with van der Waals surface area (Å²) < 4.78 is 36.3. The first kappa shape index (κ1) is 45.1. The molecule has 0 radical (unpaired) electrons. The summed E-state index contributed by atoms with van der Waals surface area (Å²) >= 11 is 0. The predicted molar refractivity (Wildman–Crippen MR) is 240 cm³/mol. The second-order valence-corrected chi connectivity index (χ2v) is 17.1. The molecule has 2 heterocycles. The van der Waals surface area contributed by atoms with E-state index in [-0.39, 0.29) is 54.8 Å². The van der Waals surface area contributed by atoms with Crippen molar-refractivity contribution in [1.82, 2.24) is 20.4 Å². The van der Waals surface area contributed by atoms with Crippen molar-refractivity contribution in [1.29, 1.82) is 0 Å². The number of ether oxygens (including phenoxy) is 1. The molecule has 0 aliphatic carbocycles. The number of nitrogens with zero attached hydrogens (tertiary/aromatic N) is 2. The Balaban J connectivity index is 1.27. The van der Waals surface area contributed by atoms with Crippen LogP contribution in [0.1, 0.15) is 74.8 Å². The Morgan fingerprint density at radius 2 is 1.41 bits per heavy atom. The zero-order valence-corrected chi connectivity index (χ0v) is 36.2. The van der Waals surface area contributed by atoms with Crippen LogP contribution in [0, 0.1) is 17.6 Å². The van der Waals surface area contributed by atoms with Gasteiger partial charge in [0.2, 0.25) is 17.7 Å². The molecule has 2 fully saturated rings. The molecular weight excluding hydrogens is 799 g/mol. The number of benzene rings is 5. The molecule has 0 aromatic heterocycles. The molecule has 2 aliphatic heterocycles. The number of aryl methyl sites for hydroxylation is 1. The zero-order chi connectivity index (χ0) is 44.5. The minimum atomic E-state index is -1.29. The molecule has 0 unspecified atom stereocenters. The van der Waals surface area contributed by atoms with Crippen molar-refractivity contribution in [2.45, 2.75) is 101 Å². The first-order valence-electron chi connectivity index (χ1n) is 22.1. The summed E-state index contributed by atoms with van der Waals surface area (Å²) in [5.41, 5.74) is 2.02. The highest BCUT2D eigenvalue weighted by molar-refractivity contribution is 5.96. The number of aliphatic hydroxyl groups excluding tert-OH is 1. The van der Waals surface area contributed by atoms with Crippen molar-refractivity contribution in [2.24, 2.45) is 5.92 Å². The van der Waals surface area contributed by atoms with Gasteiger partial charge in [-0.15, -0.1) is 0 Å². The Morgan fingerprint density at radius 1 is 0.841 bits per heavy atom. The van der Waals surface area contributed by atoms with Crippen LogP contribution in [0.5, 0.6) is 5.75 Å². The van der Waals surface area contributed by atoms with E-state index in [4.69, 9.17) is 4.74 Å². The average Bonchev–Trinajstić information content (AvgIpc) is 3.84. The van der Waals surface area contributed by atoms with E-state index >= 15 is 4.79 Å². The van der Waals surface area contributed by atoms with E-state index < -0.39 is 47.3 Å². The maximum Gasteiger partial charge on any atom is 0.249 e. The Kier molecular flexibility index (Phi) is 14.7. The summed E-state index contributed by atoms with van der Waals surface area (Å²) in [4.78, 5) is 46.1. The van der Waals surface area contributed by atoms with Crippen LogP contribution in [0.25, 0.3) is 0 Å². The lowest BCUT2D eigenvalue weighted by Gasteiger charge is -2.39. The molecule has 0 spiro atoms. The summed E-state index contributed by atoms with van der Waals surface area (Å²) in [5, 5.41) is 19.0. The van der Waals surface area contributed by atoms with Crippen LogP contribution < -0.4 is 15.4 Å². The Morgan fingerprint density at radius 3 is 1.98 bits per heavy atom. The van der Waals surface area contributed by atoms with Crippen LogP contribution in [0.4, 0.5) is 8.78 Å². The normalized spacial score (nSPS) is 20.9. The molecule has 330 valence electrons. The number of nitrogens with one attached hydrogen (secondary N) is 2. The Labute approximate surface area is 369 Å². The quantitative estimate of drug-likeness (QED) is 0.0830. The highest BCUT2D eigenvalue weighted by Gasteiger charge is 2.53. The highest BCUT2D eigenvalue weighted by atomic mass is 19.1. The van der Waals surface area contributed by atoms with Gasteiger partial charge >= 0.3 is 0 Å². The summed E-state index contributed by atoms with van der Waals surface area (Å²) in [5.74, 6) is -2.26. The van der Waals surface area contributed by atoms with E-state index in [1.165, 1.54) is 19.1 Å². The van der Waals surface area contributed by atoms with E-state index in [0.717, 1.165) is 22.8 Å². The number of rotatable bonds is 18. The van der Waals surface area contributed by atoms with Gasteiger partial charge in [-0.3, -0.25) is 19.3 Å². The van der Waals surface area contributed by atoms with Crippen molar-refractivity contribution in [2.75, 3.05) is 13.1 Å². The molecule has 2 saturated heterocycles. The number of carbonyl (C=O) groups is 3. The molecular formula is C52H58F2N4O5. The molecule has 3 amide bonds. The van der Waals surface area contributed by atoms with Gasteiger partial charge in [0, 0.05) is 38.5 Å². The van der Waals surface area contributed by atoms with Gasteiger partial charge in [0.25, 0.3) is 0 Å². The molecule has 5 aromatic rings. The lowest BCUT2D eigenvalue weighted by molar-refractivity contribution is -0.144. The van der Waals surface area contributed by atoms with Crippen LogP contribution in [0.2, 0.25) is 0 Å². The molecule has 7 rings (SSSR count). The van der Waals surface area contributed by atoms with E-state index in [0.29, 0.717) is 38.0 Å². The molecule has 7 atom stereocenters. The van der Waals surface area contributed by atoms with Crippen molar-refractivity contribution < 1.29 is 33.0 Å². The molecule has 63 heavy (non-hydrogen) atoms. The van der Waals surface area contributed by atoms with Crippen molar-refractivity contribution in [3.05, 3.63) is 173 Å². The SMILES string of the molecule is CC[C@@H](C)[C@@]1(NC(C)=O)CCN([C@@H](CCc2ccccc2)C(=O)N[C@@H](Cc2cc(F)cc(F)c2)[C@H](O)[C@H]2C[C@@H](Oc3ccccc3)CN2C(c2ccccc2)c2ccccc2)C1=O. The number of hydrogen-bond acceptors (Lipinski definition) is 6. The van der Waals surface area contributed by atoms with Gasteiger partial charge < -0.3 is 25.4 Å². The molecule has 5 aromatic carbocycles. The van der Waals surface area contributed by atoms with Crippen LogP contribution in [-0.2, 0) is 27.2 Å². The Bertz CT molecular complexity index is 2230. The fourth-order valence-electron chi connectivity index (χ4n) is 9.69. The zero-order valence-electron chi connectivity index (χ0n) is 36.2. The van der Waals surface area contributed by atoms with Gasteiger partial charge in [0.15, 0.2) is 0 Å². The van der Waals surface area contributed by atoms with Gasteiger partial charge in [-0.05, 0) is 78.1 Å². The molecule has 9 nitrogen and oxygen atoms in total. The predicted octanol–water partition coefficient (Wildman–Crippen LogP) is 7.82. The first-order valence-corrected chi connectivity index (χ1v) is 22.1. The van der Waals surface area contributed by atoms with Gasteiger partial charge in [0.05, 0.1) is 18.2 Å². The largest absolute Gasteiger partial charge is 0.489 e. The lowest BCUT2D eigenvalue weighted by atomic mass is 9.81. The number of likely N-dealkylation sites (tertiary alicyclic amines) is 2. The number of halogens is 2. The van der Waals surface area contributed by atoms with Gasteiger partial charge in [-0.25, -0.2) is 8.78 Å². The van der Waals surface area contributed by atoms with Crippen LogP contribution in [-0.4, -0.2) is 81.6 Å². The summed E-state index contributed by atoms with van der Waals surface area (Å²) in [7, 11) is 0. The van der Waals surface area contributed by atoms with E-state index in [9.17, 15) is 23.5 Å². The second-order valence-electron chi connectivity index (χ2n) is 17.1. The van der Waals surface area contributed by atoms with Crippen LogP contribution in [0.3, 0.4) is 0 Å². The average molecular weight is 857 g/mol. The summed E-state index contributed by atoms with van der Waals surface area (Å²) in [6, 6.07) is 39.4. The maximum atomic E-state index is 15.1. The first-order chi connectivity index (χ1) is 30.4. The minimum absolute atomic E-state index is 0.112. The van der Waals surface area contributed by atoms with Crippen LogP contribution >= 0.6 is 0 Å². The third-order valence-corrected chi connectivity index (χ3v) is 12.9. The summed E-state index contributed by atoms with van der Waals surface area (Å²) in [6.45, 7) is 5.93. The topological polar surface area (TPSA) is 111 Å². The lowest BCUT2D eigenvalue weighted by Crippen LogP contribution is -2.61. The van der Waals surface area contributed by atoms with Gasteiger partial charge in [0.1, 0.15) is 35.1 Å². The Hall–Kier alpha value is -5.91. The smallest absolute Gasteiger partial charge is 0.249 e. The molecule has 3 N–H and O–H groups in total. The fraction of sp³-hybridized carbons (Fsp3) is 0.365. The summed E-state index contributed by atoms with van der Waals surface area (Å²) in [6.07, 6.45) is 0.263.